The second kappa shape index (κ2) is 8.33. The van der Waals surface area contributed by atoms with Crippen molar-refractivity contribution in [3.05, 3.63) is 54.6 Å². The molecule has 1 fully saturated rings. The van der Waals surface area contributed by atoms with E-state index in [-0.39, 0.29) is 0 Å². The Labute approximate surface area is 147 Å². The Hall–Kier alpha value is -2.82. The van der Waals surface area contributed by atoms with Crippen molar-refractivity contribution in [1.82, 2.24) is 4.90 Å². The van der Waals surface area contributed by atoms with Crippen LogP contribution in [0.25, 0.3) is 0 Å². The first-order chi connectivity index (χ1) is 12.2. The number of nitrogens with zero attached hydrogens (tertiary/aromatic N) is 1. The first-order valence-corrected chi connectivity index (χ1v) is 8.66. The molecule has 130 valence electrons. The molecular weight excluding hydrogens is 316 g/mol. The van der Waals surface area contributed by atoms with Crippen LogP contribution in [0.3, 0.4) is 0 Å². The fraction of sp³-hybridized carbons (Fsp3) is 0.300. The summed E-state index contributed by atoms with van der Waals surface area (Å²) in [6, 6.07) is 16.4. The molecule has 1 saturated heterocycles. The van der Waals surface area contributed by atoms with Gasteiger partial charge in [0.1, 0.15) is 5.75 Å². The Morgan fingerprint density at radius 1 is 0.840 bits per heavy atom. The lowest BCUT2D eigenvalue weighted by atomic mass is 10.2. The Balaban J connectivity index is 1.69. The Kier molecular flexibility index (Phi) is 5.67. The lowest BCUT2D eigenvalue weighted by Crippen LogP contribution is -2.40. The molecule has 0 radical (unpaired) electrons. The molecule has 5 heteroatoms. The van der Waals surface area contributed by atoms with Gasteiger partial charge in [-0.3, -0.25) is 9.59 Å². The second-order valence-electron chi connectivity index (χ2n) is 6.07. The van der Waals surface area contributed by atoms with Gasteiger partial charge in [0.05, 0.1) is 5.69 Å². The van der Waals surface area contributed by atoms with E-state index in [1.165, 1.54) is 0 Å². The highest BCUT2D eigenvalue weighted by molar-refractivity contribution is 6.39. The van der Waals surface area contributed by atoms with Gasteiger partial charge < -0.3 is 15.0 Å². The minimum Gasteiger partial charge on any atom is -0.455 e. The number of ether oxygens (including phenoxy) is 1. The van der Waals surface area contributed by atoms with Crippen molar-refractivity contribution in [3.8, 4) is 11.5 Å². The molecule has 2 amide bonds. The number of nitrogens with one attached hydrogen (secondary N) is 1. The third-order valence-electron chi connectivity index (χ3n) is 4.19. The molecule has 0 aliphatic carbocycles. The van der Waals surface area contributed by atoms with Crippen LogP contribution in [0, 0.1) is 0 Å². The lowest BCUT2D eigenvalue weighted by Gasteiger charge is -2.20. The number of para-hydroxylation sites is 3. The topological polar surface area (TPSA) is 58.6 Å². The summed E-state index contributed by atoms with van der Waals surface area (Å²) in [6.07, 6.45) is 4.12. The lowest BCUT2D eigenvalue weighted by molar-refractivity contribution is -0.143. The van der Waals surface area contributed by atoms with E-state index in [9.17, 15) is 9.59 Å². The first kappa shape index (κ1) is 17.0. The van der Waals surface area contributed by atoms with E-state index >= 15 is 0 Å². The zero-order valence-electron chi connectivity index (χ0n) is 14.1. The average Bonchev–Trinajstić information content (AvgIpc) is 2.93. The maximum Gasteiger partial charge on any atom is 0.314 e. The number of amides is 2. The van der Waals surface area contributed by atoms with E-state index in [0.29, 0.717) is 30.3 Å². The zero-order chi connectivity index (χ0) is 17.5. The number of anilines is 1. The summed E-state index contributed by atoms with van der Waals surface area (Å²) in [5, 5.41) is 2.69. The molecule has 3 rings (SSSR count). The third-order valence-corrected chi connectivity index (χ3v) is 4.19. The Morgan fingerprint density at radius 3 is 2.20 bits per heavy atom. The summed E-state index contributed by atoms with van der Waals surface area (Å²) < 4.78 is 5.82. The molecule has 25 heavy (non-hydrogen) atoms. The summed E-state index contributed by atoms with van der Waals surface area (Å²) in [5.41, 5.74) is 0.486. The van der Waals surface area contributed by atoms with Crippen molar-refractivity contribution in [1.29, 1.82) is 0 Å². The largest absolute Gasteiger partial charge is 0.455 e. The van der Waals surface area contributed by atoms with Crippen molar-refractivity contribution in [2.24, 2.45) is 0 Å². The molecule has 2 aromatic carbocycles. The highest BCUT2D eigenvalue weighted by Crippen LogP contribution is 2.29. The molecule has 1 N–H and O–H groups in total. The van der Waals surface area contributed by atoms with Gasteiger partial charge in [-0.15, -0.1) is 0 Å². The van der Waals surface area contributed by atoms with Gasteiger partial charge in [-0.2, -0.15) is 0 Å². The average molecular weight is 338 g/mol. The predicted molar refractivity (Wildman–Crippen MR) is 96.6 cm³/mol. The van der Waals surface area contributed by atoms with Crippen LogP contribution < -0.4 is 10.1 Å². The molecule has 0 saturated carbocycles. The van der Waals surface area contributed by atoms with Crippen LogP contribution in [-0.2, 0) is 9.59 Å². The number of likely N-dealkylation sites (tertiary alicyclic amines) is 1. The van der Waals surface area contributed by atoms with E-state index in [1.54, 1.807) is 23.1 Å². The summed E-state index contributed by atoms with van der Waals surface area (Å²) in [4.78, 5) is 26.4. The van der Waals surface area contributed by atoms with Gasteiger partial charge in [-0.1, -0.05) is 43.2 Å². The number of benzene rings is 2. The minimum absolute atomic E-state index is 0.476. The third kappa shape index (κ3) is 4.59. The van der Waals surface area contributed by atoms with Gasteiger partial charge >= 0.3 is 11.8 Å². The smallest absolute Gasteiger partial charge is 0.314 e. The molecule has 1 aliphatic rings. The summed E-state index contributed by atoms with van der Waals surface area (Å²) in [6.45, 7) is 1.29. The van der Waals surface area contributed by atoms with Crippen LogP contribution in [0.15, 0.2) is 54.6 Å². The number of carbonyl (C=O) groups excluding carboxylic acids is 2. The fourth-order valence-electron chi connectivity index (χ4n) is 2.87. The number of hydrogen-bond acceptors (Lipinski definition) is 3. The highest BCUT2D eigenvalue weighted by Gasteiger charge is 2.23. The van der Waals surface area contributed by atoms with Gasteiger partial charge in [0.15, 0.2) is 5.75 Å². The highest BCUT2D eigenvalue weighted by atomic mass is 16.5. The Morgan fingerprint density at radius 2 is 1.48 bits per heavy atom. The maximum absolute atomic E-state index is 12.4. The number of hydrogen-bond donors (Lipinski definition) is 1. The van der Waals surface area contributed by atoms with Crippen LogP contribution in [0.4, 0.5) is 5.69 Å². The van der Waals surface area contributed by atoms with Gasteiger partial charge in [-0.25, -0.2) is 0 Å². The summed E-state index contributed by atoms with van der Waals surface area (Å²) in [7, 11) is 0. The van der Waals surface area contributed by atoms with E-state index in [4.69, 9.17) is 4.74 Å². The van der Waals surface area contributed by atoms with Crippen LogP contribution in [0.2, 0.25) is 0 Å². The quantitative estimate of drug-likeness (QED) is 0.866. The molecular formula is C20H22N2O3. The van der Waals surface area contributed by atoms with Crippen LogP contribution in [0.5, 0.6) is 11.5 Å². The molecule has 0 spiro atoms. The standard InChI is InChI=1S/C20H22N2O3/c23-19(20(24)22-14-8-1-2-9-15-22)21-17-12-6-7-13-18(17)25-16-10-4-3-5-11-16/h3-7,10-13H,1-2,8-9,14-15H2,(H,21,23). The normalized spacial score (nSPS) is 14.5. The van der Waals surface area contributed by atoms with Gasteiger partial charge in [0.25, 0.3) is 0 Å². The molecule has 1 heterocycles. The second-order valence-corrected chi connectivity index (χ2v) is 6.07. The van der Waals surface area contributed by atoms with E-state index in [0.717, 1.165) is 25.7 Å². The molecule has 0 aromatic heterocycles. The zero-order valence-corrected chi connectivity index (χ0v) is 14.1. The van der Waals surface area contributed by atoms with E-state index < -0.39 is 11.8 Å². The first-order valence-electron chi connectivity index (χ1n) is 8.66. The number of carbonyl (C=O) groups is 2. The molecule has 0 bridgehead atoms. The number of rotatable bonds is 3. The fourth-order valence-corrected chi connectivity index (χ4v) is 2.87. The maximum atomic E-state index is 12.4. The van der Waals surface area contributed by atoms with Gasteiger partial charge in [-0.05, 0) is 37.1 Å². The SMILES string of the molecule is O=C(Nc1ccccc1Oc1ccccc1)C(=O)N1CCCCCC1. The molecule has 0 unspecified atom stereocenters. The van der Waals surface area contributed by atoms with Crippen molar-refractivity contribution in [2.45, 2.75) is 25.7 Å². The van der Waals surface area contributed by atoms with E-state index in [1.807, 2.05) is 36.4 Å². The molecule has 2 aromatic rings. The van der Waals surface area contributed by atoms with Crippen molar-refractivity contribution in [2.75, 3.05) is 18.4 Å². The van der Waals surface area contributed by atoms with Crippen molar-refractivity contribution in [3.63, 3.8) is 0 Å². The van der Waals surface area contributed by atoms with Crippen molar-refractivity contribution >= 4 is 17.5 Å². The molecule has 5 nitrogen and oxygen atoms in total. The van der Waals surface area contributed by atoms with Crippen molar-refractivity contribution < 1.29 is 14.3 Å². The van der Waals surface area contributed by atoms with E-state index in [2.05, 4.69) is 5.32 Å². The van der Waals surface area contributed by atoms with Crippen LogP contribution in [0.1, 0.15) is 25.7 Å². The molecule has 1 aliphatic heterocycles. The monoisotopic (exact) mass is 338 g/mol. The predicted octanol–water partition coefficient (Wildman–Crippen LogP) is 3.82. The summed E-state index contributed by atoms with van der Waals surface area (Å²) in [5.74, 6) is 0.0798. The minimum atomic E-state index is -0.619. The van der Waals surface area contributed by atoms with Crippen LogP contribution in [-0.4, -0.2) is 29.8 Å². The van der Waals surface area contributed by atoms with Gasteiger partial charge in [0, 0.05) is 13.1 Å². The van der Waals surface area contributed by atoms with Gasteiger partial charge in [0.2, 0.25) is 0 Å². The molecule has 0 atom stereocenters. The van der Waals surface area contributed by atoms with Crippen LogP contribution >= 0.6 is 0 Å². The Bertz CT molecular complexity index is 723. The summed E-state index contributed by atoms with van der Waals surface area (Å²) >= 11 is 0.